The Morgan fingerprint density at radius 3 is 2.57 bits per heavy atom. The van der Waals surface area contributed by atoms with Crippen molar-refractivity contribution in [3.63, 3.8) is 0 Å². The smallest absolute Gasteiger partial charge is 0.271 e. The van der Waals surface area contributed by atoms with E-state index in [1.165, 1.54) is 22.0 Å². The number of amides is 1. The lowest BCUT2D eigenvalue weighted by molar-refractivity contribution is 0.0759. The van der Waals surface area contributed by atoms with Crippen LogP contribution in [0.5, 0.6) is 0 Å². The Labute approximate surface area is 125 Å². The molecule has 0 bridgehead atoms. The van der Waals surface area contributed by atoms with Gasteiger partial charge in [0.05, 0.1) is 5.52 Å². The highest BCUT2D eigenvalue weighted by molar-refractivity contribution is 6.02. The number of aryl methyl sites for hydroxylation is 3. The zero-order valence-electron chi connectivity index (χ0n) is 13.2. The van der Waals surface area contributed by atoms with Crippen LogP contribution in [0.4, 0.5) is 0 Å². The first-order chi connectivity index (χ1) is 10.0. The summed E-state index contributed by atoms with van der Waals surface area (Å²) in [6.07, 6.45) is 3.14. The van der Waals surface area contributed by atoms with Crippen molar-refractivity contribution < 1.29 is 4.79 Å². The van der Waals surface area contributed by atoms with Gasteiger partial charge < -0.3 is 9.47 Å². The van der Waals surface area contributed by atoms with Crippen LogP contribution in [-0.4, -0.2) is 28.5 Å². The third-order valence-corrected chi connectivity index (χ3v) is 4.59. The minimum atomic E-state index is 0.148. The number of para-hydroxylation sites is 1. The van der Waals surface area contributed by atoms with Crippen molar-refractivity contribution in [1.82, 2.24) is 9.47 Å². The van der Waals surface area contributed by atoms with Crippen molar-refractivity contribution in [3.8, 4) is 0 Å². The molecule has 2 aromatic rings. The van der Waals surface area contributed by atoms with Gasteiger partial charge in [0.15, 0.2) is 0 Å². The number of carbonyl (C=O) groups is 1. The minimum absolute atomic E-state index is 0.148. The van der Waals surface area contributed by atoms with Gasteiger partial charge in [-0.2, -0.15) is 0 Å². The van der Waals surface area contributed by atoms with Gasteiger partial charge in [-0.3, -0.25) is 4.79 Å². The molecule has 110 valence electrons. The molecule has 1 aliphatic rings. The van der Waals surface area contributed by atoms with Gasteiger partial charge in [0.25, 0.3) is 5.91 Å². The number of hydrogen-bond donors (Lipinski definition) is 0. The summed E-state index contributed by atoms with van der Waals surface area (Å²) in [5, 5.41) is 1.18. The van der Waals surface area contributed by atoms with Gasteiger partial charge in [-0.1, -0.05) is 29.8 Å². The van der Waals surface area contributed by atoms with Crippen LogP contribution in [-0.2, 0) is 7.05 Å². The molecule has 3 nitrogen and oxygen atoms in total. The highest BCUT2D eigenvalue weighted by Crippen LogP contribution is 2.28. The van der Waals surface area contributed by atoms with Crippen LogP contribution in [0.2, 0.25) is 0 Å². The lowest BCUT2D eigenvalue weighted by atomic mass is 10.1. The van der Waals surface area contributed by atoms with Gasteiger partial charge in [-0.15, -0.1) is 0 Å². The summed E-state index contributed by atoms with van der Waals surface area (Å²) in [7, 11) is 2.00. The summed E-state index contributed by atoms with van der Waals surface area (Å²) in [4.78, 5) is 14.9. The maximum Gasteiger partial charge on any atom is 0.271 e. The molecule has 1 aliphatic heterocycles. The molecule has 0 saturated heterocycles. The number of nitrogens with zero attached hydrogens (tertiary/aromatic N) is 2. The Bertz CT molecular complexity index is 752. The molecule has 0 fully saturated rings. The normalized spacial score (nSPS) is 15.4. The van der Waals surface area contributed by atoms with Gasteiger partial charge in [0, 0.05) is 25.5 Å². The van der Waals surface area contributed by atoms with E-state index >= 15 is 0 Å². The van der Waals surface area contributed by atoms with E-state index < -0.39 is 0 Å². The van der Waals surface area contributed by atoms with Crippen LogP contribution in [0.25, 0.3) is 10.9 Å². The van der Waals surface area contributed by atoms with Crippen molar-refractivity contribution in [2.24, 2.45) is 7.05 Å². The standard InChI is InChI=1S/C18H22N2O/c1-12-8-10-20(11-9-12)18(21)17-14(3)15-7-5-6-13(2)16(15)19(17)4/h5-8H,9-11H2,1-4H3. The second-order valence-corrected chi connectivity index (χ2v) is 6.06. The maximum absolute atomic E-state index is 12.9. The monoisotopic (exact) mass is 282 g/mol. The lowest BCUT2D eigenvalue weighted by Gasteiger charge is -2.26. The van der Waals surface area contributed by atoms with Crippen LogP contribution in [0.1, 0.15) is 35.0 Å². The van der Waals surface area contributed by atoms with Crippen LogP contribution in [0.3, 0.4) is 0 Å². The average Bonchev–Trinajstić information content (AvgIpc) is 2.72. The molecule has 0 radical (unpaired) electrons. The van der Waals surface area contributed by atoms with Gasteiger partial charge in [-0.05, 0) is 38.3 Å². The second-order valence-electron chi connectivity index (χ2n) is 6.06. The largest absolute Gasteiger partial charge is 0.339 e. The first kappa shape index (κ1) is 13.9. The van der Waals surface area contributed by atoms with E-state index in [1.807, 2.05) is 11.9 Å². The summed E-state index contributed by atoms with van der Waals surface area (Å²) < 4.78 is 2.06. The lowest BCUT2D eigenvalue weighted by Crippen LogP contribution is -2.36. The Morgan fingerprint density at radius 1 is 1.19 bits per heavy atom. The van der Waals surface area contributed by atoms with Gasteiger partial charge in [0.2, 0.25) is 0 Å². The molecule has 3 rings (SSSR count). The van der Waals surface area contributed by atoms with E-state index in [4.69, 9.17) is 0 Å². The molecule has 0 N–H and O–H groups in total. The maximum atomic E-state index is 12.9. The van der Waals surface area contributed by atoms with E-state index in [2.05, 4.69) is 49.6 Å². The molecule has 3 heteroatoms. The molecule has 0 atom stereocenters. The van der Waals surface area contributed by atoms with Crippen LogP contribution in [0, 0.1) is 13.8 Å². The summed E-state index contributed by atoms with van der Waals surface area (Å²) in [5.74, 6) is 0.148. The fourth-order valence-corrected chi connectivity index (χ4v) is 3.31. The van der Waals surface area contributed by atoms with E-state index in [1.54, 1.807) is 0 Å². The summed E-state index contributed by atoms with van der Waals surface area (Å²) in [6.45, 7) is 7.84. The first-order valence-corrected chi connectivity index (χ1v) is 7.50. The van der Waals surface area contributed by atoms with Crippen LogP contribution in [0.15, 0.2) is 29.8 Å². The van der Waals surface area contributed by atoms with Crippen LogP contribution >= 0.6 is 0 Å². The summed E-state index contributed by atoms with van der Waals surface area (Å²) in [5.41, 5.74) is 5.68. The number of hydrogen-bond acceptors (Lipinski definition) is 1. The summed E-state index contributed by atoms with van der Waals surface area (Å²) in [6, 6.07) is 6.27. The van der Waals surface area contributed by atoms with Crippen molar-refractivity contribution in [3.05, 3.63) is 46.7 Å². The SMILES string of the molecule is CC1=CCN(C(=O)c2c(C)c3cccc(C)c3n2C)CC1. The molecule has 0 spiro atoms. The quantitative estimate of drug-likeness (QED) is 0.734. The van der Waals surface area contributed by atoms with E-state index in [9.17, 15) is 4.79 Å². The number of benzene rings is 1. The molecule has 2 heterocycles. The fraction of sp³-hybridized carbons (Fsp3) is 0.389. The second kappa shape index (κ2) is 5.06. The number of carbonyl (C=O) groups excluding carboxylic acids is 1. The third-order valence-electron chi connectivity index (χ3n) is 4.59. The molecule has 0 unspecified atom stereocenters. The van der Waals surface area contributed by atoms with Gasteiger partial charge in [-0.25, -0.2) is 0 Å². The average molecular weight is 282 g/mol. The predicted molar refractivity (Wildman–Crippen MR) is 86.7 cm³/mol. The zero-order chi connectivity index (χ0) is 15.1. The highest BCUT2D eigenvalue weighted by Gasteiger charge is 2.24. The number of aromatic nitrogens is 1. The molecular formula is C18H22N2O. The van der Waals surface area contributed by atoms with Gasteiger partial charge >= 0.3 is 0 Å². The highest BCUT2D eigenvalue weighted by atomic mass is 16.2. The molecule has 1 amide bonds. The van der Waals surface area contributed by atoms with Crippen molar-refractivity contribution in [2.45, 2.75) is 27.2 Å². The molecule has 1 aromatic heterocycles. The third kappa shape index (κ3) is 2.17. The Morgan fingerprint density at radius 2 is 1.95 bits per heavy atom. The number of rotatable bonds is 1. The van der Waals surface area contributed by atoms with Crippen molar-refractivity contribution in [2.75, 3.05) is 13.1 Å². The van der Waals surface area contributed by atoms with E-state index in [0.29, 0.717) is 0 Å². The molecule has 0 aliphatic carbocycles. The van der Waals surface area contributed by atoms with E-state index in [0.717, 1.165) is 30.8 Å². The molecular weight excluding hydrogens is 260 g/mol. The van der Waals surface area contributed by atoms with Crippen LogP contribution < -0.4 is 0 Å². The molecule has 21 heavy (non-hydrogen) atoms. The topological polar surface area (TPSA) is 25.2 Å². The Balaban J connectivity index is 2.09. The fourth-order valence-electron chi connectivity index (χ4n) is 3.31. The van der Waals surface area contributed by atoms with E-state index in [-0.39, 0.29) is 5.91 Å². The number of fused-ring (bicyclic) bond motifs is 1. The Kier molecular flexibility index (Phi) is 3.36. The summed E-state index contributed by atoms with van der Waals surface area (Å²) >= 11 is 0. The first-order valence-electron chi connectivity index (χ1n) is 7.50. The zero-order valence-corrected chi connectivity index (χ0v) is 13.2. The van der Waals surface area contributed by atoms with Gasteiger partial charge in [0.1, 0.15) is 5.69 Å². The molecule has 1 aromatic carbocycles. The van der Waals surface area contributed by atoms with Crippen molar-refractivity contribution >= 4 is 16.8 Å². The van der Waals surface area contributed by atoms with Crippen molar-refractivity contribution in [1.29, 1.82) is 0 Å². The Hall–Kier alpha value is -2.03. The minimum Gasteiger partial charge on any atom is -0.339 e. The predicted octanol–water partition coefficient (Wildman–Crippen LogP) is 3.59. The molecule has 0 saturated carbocycles.